The molecule has 39 heavy (non-hydrogen) atoms. The largest absolute Gasteiger partial charge is 0.497 e. The van der Waals surface area contributed by atoms with Crippen LogP contribution in [0.4, 0.5) is 13.2 Å². The molecule has 1 atom stereocenters. The number of hydrogen-bond acceptors (Lipinski definition) is 7. The third-order valence-electron chi connectivity index (χ3n) is 6.85. The van der Waals surface area contributed by atoms with Crippen LogP contribution >= 0.6 is 27.3 Å². The fourth-order valence-electron chi connectivity index (χ4n) is 4.63. The van der Waals surface area contributed by atoms with E-state index in [0.717, 1.165) is 38.4 Å². The van der Waals surface area contributed by atoms with Crippen molar-refractivity contribution >= 4 is 38.9 Å². The van der Waals surface area contributed by atoms with Crippen molar-refractivity contribution in [1.29, 1.82) is 0 Å². The number of nitrogens with zero attached hydrogens (tertiary/aromatic N) is 4. The van der Waals surface area contributed by atoms with E-state index in [2.05, 4.69) is 21.1 Å². The number of oxime groups is 1. The van der Waals surface area contributed by atoms with Gasteiger partial charge in [-0.2, -0.15) is 13.2 Å². The van der Waals surface area contributed by atoms with Crippen LogP contribution < -0.4 is 10.3 Å². The summed E-state index contributed by atoms with van der Waals surface area (Å²) in [5, 5.41) is 7.16. The van der Waals surface area contributed by atoms with Crippen LogP contribution in [0.3, 0.4) is 0 Å². The molecule has 0 bridgehead atoms. The van der Waals surface area contributed by atoms with E-state index in [-0.39, 0.29) is 16.5 Å². The highest BCUT2D eigenvalue weighted by Crippen LogP contribution is 2.34. The molecule has 1 fully saturated rings. The van der Waals surface area contributed by atoms with E-state index in [0.29, 0.717) is 38.5 Å². The van der Waals surface area contributed by atoms with Gasteiger partial charge in [0, 0.05) is 37.0 Å². The maximum Gasteiger partial charge on any atom is 0.417 e. The number of piperidine rings is 1. The Labute approximate surface area is 234 Å². The van der Waals surface area contributed by atoms with Crippen molar-refractivity contribution in [1.82, 2.24) is 14.5 Å². The summed E-state index contributed by atoms with van der Waals surface area (Å²) >= 11 is 4.41. The van der Waals surface area contributed by atoms with Gasteiger partial charge in [-0.15, -0.1) is 11.3 Å². The van der Waals surface area contributed by atoms with Crippen LogP contribution in [-0.2, 0) is 22.4 Å². The van der Waals surface area contributed by atoms with Crippen molar-refractivity contribution in [3.8, 4) is 5.75 Å². The molecule has 1 saturated heterocycles. The zero-order valence-electron chi connectivity index (χ0n) is 20.8. The molecule has 2 aliphatic heterocycles. The molecule has 206 valence electrons. The Morgan fingerprint density at radius 2 is 1.95 bits per heavy atom. The second-order valence-corrected chi connectivity index (χ2v) is 11.1. The van der Waals surface area contributed by atoms with Crippen molar-refractivity contribution in [2.75, 3.05) is 20.2 Å². The molecule has 4 heterocycles. The number of rotatable bonds is 6. The van der Waals surface area contributed by atoms with Crippen molar-refractivity contribution in [3.63, 3.8) is 0 Å². The zero-order valence-corrected chi connectivity index (χ0v) is 23.2. The summed E-state index contributed by atoms with van der Waals surface area (Å²) in [5.41, 5.74) is 0.881. The fraction of sp³-hybridized carbons (Fsp3) is 0.385. The van der Waals surface area contributed by atoms with Gasteiger partial charge in [0.05, 0.1) is 27.8 Å². The number of carbonyl (C=O) groups is 1. The third-order valence-corrected chi connectivity index (χ3v) is 8.42. The fourth-order valence-corrected chi connectivity index (χ4v) is 6.10. The smallest absolute Gasteiger partial charge is 0.417 e. The van der Waals surface area contributed by atoms with Gasteiger partial charge >= 0.3 is 6.18 Å². The molecule has 2 aromatic heterocycles. The lowest BCUT2D eigenvalue weighted by Gasteiger charge is -2.31. The number of halogens is 4. The Bertz CT molecular complexity index is 1450. The van der Waals surface area contributed by atoms with E-state index < -0.39 is 29.8 Å². The Balaban J connectivity index is 1.17. The number of ether oxygens (including phenoxy) is 1. The Morgan fingerprint density at radius 1 is 1.23 bits per heavy atom. The summed E-state index contributed by atoms with van der Waals surface area (Å²) in [6.45, 7) is 0.399. The SMILES string of the molecule is COc1ccc(C2CC(c3csc(C4CCN(C(=O)Cn5cc(C(F)(F)F)cc(Br)c5=O)CC4)n3)=NO2)cc1. The van der Waals surface area contributed by atoms with Gasteiger partial charge in [-0.05, 0) is 52.5 Å². The van der Waals surface area contributed by atoms with Gasteiger partial charge in [-0.3, -0.25) is 9.59 Å². The highest BCUT2D eigenvalue weighted by Gasteiger charge is 2.33. The Kier molecular flexibility index (Phi) is 7.81. The second-order valence-electron chi connectivity index (χ2n) is 9.34. The minimum Gasteiger partial charge on any atom is -0.497 e. The molecule has 0 aliphatic carbocycles. The van der Waals surface area contributed by atoms with Crippen LogP contribution in [-0.4, -0.2) is 46.3 Å². The lowest BCUT2D eigenvalue weighted by molar-refractivity contribution is -0.139. The average Bonchev–Trinajstić information content (AvgIpc) is 3.61. The predicted octanol–water partition coefficient (Wildman–Crippen LogP) is 5.37. The van der Waals surface area contributed by atoms with Crippen molar-refractivity contribution in [2.24, 2.45) is 5.16 Å². The molecule has 2 aliphatic rings. The average molecular weight is 625 g/mol. The summed E-state index contributed by atoms with van der Waals surface area (Å²) in [6.07, 6.45) is -2.19. The minimum atomic E-state index is -4.63. The number of amides is 1. The normalized spacial score (nSPS) is 18.1. The van der Waals surface area contributed by atoms with Crippen LogP contribution in [0.25, 0.3) is 0 Å². The molecule has 0 saturated carbocycles. The van der Waals surface area contributed by atoms with Gasteiger partial charge in [0.25, 0.3) is 5.56 Å². The number of methoxy groups -OCH3 is 1. The molecular weight excluding hydrogens is 601 g/mol. The second kappa shape index (κ2) is 11.1. The van der Waals surface area contributed by atoms with Crippen molar-refractivity contribution in [3.05, 3.63) is 78.6 Å². The maximum absolute atomic E-state index is 13.1. The molecule has 1 aromatic carbocycles. The molecule has 3 aromatic rings. The molecule has 5 rings (SSSR count). The summed E-state index contributed by atoms with van der Waals surface area (Å²) in [5.74, 6) is 0.523. The molecule has 13 heteroatoms. The van der Waals surface area contributed by atoms with E-state index in [1.807, 2.05) is 29.6 Å². The highest BCUT2D eigenvalue weighted by molar-refractivity contribution is 9.10. The number of alkyl halides is 3. The maximum atomic E-state index is 13.1. The Morgan fingerprint density at radius 3 is 2.62 bits per heavy atom. The minimum absolute atomic E-state index is 0.151. The number of pyridine rings is 1. The first-order valence-corrected chi connectivity index (χ1v) is 13.9. The van der Waals surface area contributed by atoms with E-state index >= 15 is 0 Å². The number of carbonyl (C=O) groups excluding carboxylic acids is 1. The Hall–Kier alpha value is -3.19. The third kappa shape index (κ3) is 6.03. The van der Waals surface area contributed by atoms with Gasteiger partial charge < -0.3 is 19.0 Å². The molecule has 0 N–H and O–H groups in total. The van der Waals surface area contributed by atoms with Crippen LogP contribution in [0.5, 0.6) is 5.75 Å². The number of hydrogen-bond donors (Lipinski definition) is 0. The number of aromatic nitrogens is 2. The molecule has 8 nitrogen and oxygen atoms in total. The quantitative estimate of drug-likeness (QED) is 0.368. The van der Waals surface area contributed by atoms with Gasteiger partial charge in [-0.25, -0.2) is 4.98 Å². The van der Waals surface area contributed by atoms with Crippen LogP contribution in [0.2, 0.25) is 0 Å². The topological polar surface area (TPSA) is 86.0 Å². The van der Waals surface area contributed by atoms with Gasteiger partial charge in [0.2, 0.25) is 5.91 Å². The first-order chi connectivity index (χ1) is 18.6. The predicted molar refractivity (Wildman–Crippen MR) is 142 cm³/mol. The van der Waals surface area contributed by atoms with E-state index in [1.54, 1.807) is 12.0 Å². The standard InChI is InChI=1S/C26H24BrF3N4O4S/c1-37-18-4-2-15(3-5-18)22-11-20(32-38-22)21-14-39-24(31-21)16-6-8-33(9-7-16)23(35)13-34-12-17(26(28,29)30)10-19(27)25(34)36/h2-5,10,12,14,16,22H,6-9,11,13H2,1H3. The van der Waals surface area contributed by atoms with Crippen molar-refractivity contribution < 1.29 is 27.5 Å². The van der Waals surface area contributed by atoms with Crippen LogP contribution in [0, 0.1) is 0 Å². The van der Waals surface area contributed by atoms with Gasteiger partial charge in [-0.1, -0.05) is 17.3 Å². The van der Waals surface area contributed by atoms with Gasteiger partial charge in [0.1, 0.15) is 18.0 Å². The van der Waals surface area contributed by atoms with Crippen LogP contribution in [0.15, 0.2) is 56.3 Å². The molecule has 1 unspecified atom stereocenters. The molecule has 0 spiro atoms. The zero-order chi connectivity index (χ0) is 27.7. The number of benzene rings is 1. The first-order valence-electron chi connectivity index (χ1n) is 12.2. The van der Waals surface area contributed by atoms with Crippen molar-refractivity contribution in [2.45, 2.75) is 44.0 Å². The summed E-state index contributed by atoms with van der Waals surface area (Å²) < 4.78 is 45.2. The lowest BCUT2D eigenvalue weighted by Crippen LogP contribution is -2.41. The molecule has 1 amide bonds. The van der Waals surface area contributed by atoms with E-state index in [4.69, 9.17) is 14.6 Å². The van der Waals surface area contributed by atoms with Gasteiger partial charge in [0.15, 0.2) is 6.10 Å². The summed E-state index contributed by atoms with van der Waals surface area (Å²) in [4.78, 5) is 37.1. The number of thiazole rings is 1. The summed E-state index contributed by atoms with van der Waals surface area (Å²) in [6, 6.07) is 8.38. The van der Waals surface area contributed by atoms with E-state index in [9.17, 15) is 22.8 Å². The monoisotopic (exact) mass is 624 g/mol. The first kappa shape index (κ1) is 27.4. The summed E-state index contributed by atoms with van der Waals surface area (Å²) in [7, 11) is 1.62. The van der Waals surface area contributed by atoms with E-state index in [1.165, 1.54) is 11.3 Å². The molecule has 0 radical (unpaired) electrons. The molecular formula is C26H24BrF3N4O4S. The number of likely N-dealkylation sites (tertiary alicyclic amines) is 1. The lowest BCUT2D eigenvalue weighted by atomic mass is 9.97. The van der Waals surface area contributed by atoms with Crippen LogP contribution in [0.1, 0.15) is 53.1 Å². The highest BCUT2D eigenvalue weighted by atomic mass is 79.9.